The van der Waals surface area contributed by atoms with Crippen molar-refractivity contribution >= 4 is 39.1 Å². The highest BCUT2D eigenvalue weighted by molar-refractivity contribution is 7.92. The Bertz CT molecular complexity index is 1710. The lowest BCUT2D eigenvalue weighted by atomic mass is 10.0. The number of carbonyl (C=O) groups excluding carboxylic acids is 2. The largest absolute Gasteiger partial charge is 0.492 e. The quantitative estimate of drug-likeness (QED) is 0.177. The summed E-state index contributed by atoms with van der Waals surface area (Å²) in [6.07, 6.45) is 0.211. The number of benzene rings is 4. The van der Waals surface area contributed by atoms with Crippen LogP contribution in [0.5, 0.6) is 5.75 Å². The highest BCUT2D eigenvalue weighted by Gasteiger charge is 2.36. The summed E-state index contributed by atoms with van der Waals surface area (Å²) in [5, 5.41) is 3.56. The van der Waals surface area contributed by atoms with Gasteiger partial charge in [0.25, 0.3) is 10.0 Å². The highest BCUT2D eigenvalue weighted by Crippen LogP contribution is 2.33. The molecule has 0 spiro atoms. The topological polar surface area (TPSA) is 96.0 Å². The minimum atomic E-state index is -4.25. The lowest BCUT2D eigenvalue weighted by Crippen LogP contribution is -2.56. The van der Waals surface area contributed by atoms with E-state index in [2.05, 4.69) is 5.32 Å². The maximum absolute atomic E-state index is 14.6. The average Bonchev–Trinajstić information content (AvgIpc) is 3.03. The van der Waals surface area contributed by atoms with E-state index >= 15 is 0 Å². The number of nitrogens with one attached hydrogen (secondary N) is 1. The Morgan fingerprint density at radius 3 is 2.02 bits per heavy atom. The molecule has 0 bridgehead atoms. The molecule has 1 atom stereocenters. The van der Waals surface area contributed by atoms with Crippen molar-refractivity contribution in [3.8, 4) is 5.75 Å². The van der Waals surface area contributed by atoms with E-state index in [4.69, 9.17) is 16.3 Å². The summed E-state index contributed by atoms with van der Waals surface area (Å²) in [4.78, 5) is 30.1. The summed E-state index contributed by atoms with van der Waals surface area (Å²) in [5.74, 6) is -0.607. The minimum Gasteiger partial charge on any atom is -0.492 e. The molecule has 4 rings (SSSR count). The van der Waals surface area contributed by atoms with Crippen LogP contribution in [0.3, 0.4) is 0 Å². The maximum atomic E-state index is 14.6. The average molecular weight is 662 g/mol. The van der Waals surface area contributed by atoms with Gasteiger partial charge in [0.2, 0.25) is 11.8 Å². The fraction of sp³-hybridized carbons (Fsp3) is 0.278. The van der Waals surface area contributed by atoms with Crippen molar-refractivity contribution in [1.82, 2.24) is 10.2 Å². The number of hydrogen-bond acceptors (Lipinski definition) is 5. The van der Waals surface area contributed by atoms with Gasteiger partial charge in [-0.1, -0.05) is 84.4 Å². The molecule has 0 aliphatic heterocycles. The summed E-state index contributed by atoms with van der Waals surface area (Å²) in [5.41, 5.74) is 1.21. The van der Waals surface area contributed by atoms with E-state index in [0.29, 0.717) is 17.4 Å². The second-order valence-electron chi connectivity index (χ2n) is 11.8. The van der Waals surface area contributed by atoms with Gasteiger partial charge in [0.1, 0.15) is 18.3 Å². The van der Waals surface area contributed by atoms with Gasteiger partial charge in [-0.25, -0.2) is 8.42 Å². The molecule has 8 nitrogen and oxygen atoms in total. The molecule has 1 N–H and O–H groups in total. The Morgan fingerprint density at radius 1 is 0.826 bits per heavy atom. The molecule has 0 fully saturated rings. The van der Waals surface area contributed by atoms with E-state index in [9.17, 15) is 18.0 Å². The van der Waals surface area contributed by atoms with E-state index in [1.807, 2.05) is 51.1 Å². The minimum absolute atomic E-state index is 0.0182. The van der Waals surface area contributed by atoms with Crippen LogP contribution in [0.25, 0.3) is 0 Å². The molecule has 2 amide bonds. The van der Waals surface area contributed by atoms with Crippen molar-refractivity contribution in [3.05, 3.63) is 125 Å². The van der Waals surface area contributed by atoms with Crippen molar-refractivity contribution in [2.45, 2.75) is 57.1 Å². The van der Waals surface area contributed by atoms with Crippen LogP contribution < -0.4 is 14.4 Å². The standard InChI is InChI=1S/C36H40ClN3O5S/c1-5-45-33-19-13-12-18-31(33)40(46(43,44)30-16-10-7-11-17-30)26-34(41)39(25-28-20-22-29(37)23-21-28)32(35(42)38-36(2,3)4)24-27-14-8-6-9-15-27/h6-23,32H,5,24-26H2,1-4H3,(H,38,42)/t32-/m1/s1. The summed E-state index contributed by atoms with van der Waals surface area (Å²) in [6.45, 7) is 7.16. The first-order chi connectivity index (χ1) is 21.9. The Labute approximate surface area is 277 Å². The summed E-state index contributed by atoms with van der Waals surface area (Å²) < 4.78 is 35.3. The Kier molecular flexibility index (Phi) is 11.5. The number of para-hydroxylation sites is 2. The predicted octanol–water partition coefficient (Wildman–Crippen LogP) is 6.49. The Morgan fingerprint density at radius 2 is 1.41 bits per heavy atom. The first kappa shape index (κ1) is 34.5. The zero-order valence-electron chi connectivity index (χ0n) is 26.5. The smallest absolute Gasteiger partial charge is 0.264 e. The van der Waals surface area contributed by atoms with Crippen LogP contribution in [0, 0.1) is 0 Å². The van der Waals surface area contributed by atoms with Crippen molar-refractivity contribution in [3.63, 3.8) is 0 Å². The number of hydrogen-bond donors (Lipinski definition) is 1. The third-order valence-corrected chi connectivity index (χ3v) is 9.11. The summed E-state index contributed by atoms with van der Waals surface area (Å²) >= 11 is 6.16. The first-order valence-electron chi connectivity index (χ1n) is 15.1. The number of sulfonamides is 1. The van der Waals surface area contributed by atoms with Crippen molar-refractivity contribution in [2.24, 2.45) is 0 Å². The zero-order chi connectivity index (χ0) is 33.3. The molecular weight excluding hydrogens is 622 g/mol. The zero-order valence-corrected chi connectivity index (χ0v) is 28.1. The fourth-order valence-corrected chi connectivity index (χ4v) is 6.54. The molecule has 10 heteroatoms. The number of amides is 2. The van der Waals surface area contributed by atoms with E-state index in [1.54, 1.807) is 73.7 Å². The second-order valence-corrected chi connectivity index (χ2v) is 14.1. The van der Waals surface area contributed by atoms with E-state index in [-0.39, 0.29) is 29.5 Å². The lowest BCUT2D eigenvalue weighted by molar-refractivity contribution is -0.140. The molecule has 0 saturated heterocycles. The number of anilines is 1. The molecule has 0 aliphatic rings. The molecule has 0 saturated carbocycles. The number of nitrogens with zero attached hydrogens (tertiary/aromatic N) is 2. The van der Waals surface area contributed by atoms with Crippen LogP contribution in [0.2, 0.25) is 5.02 Å². The normalized spacial score (nSPS) is 12.2. The van der Waals surface area contributed by atoms with Crippen LogP contribution in [0.1, 0.15) is 38.8 Å². The predicted molar refractivity (Wildman–Crippen MR) is 182 cm³/mol. The third-order valence-electron chi connectivity index (χ3n) is 7.08. The molecule has 242 valence electrons. The number of rotatable bonds is 13. The van der Waals surface area contributed by atoms with Crippen LogP contribution in [-0.2, 0) is 32.6 Å². The van der Waals surface area contributed by atoms with Crippen LogP contribution >= 0.6 is 11.6 Å². The number of carbonyl (C=O) groups is 2. The van der Waals surface area contributed by atoms with Gasteiger partial charge in [0, 0.05) is 23.5 Å². The third kappa shape index (κ3) is 9.11. The maximum Gasteiger partial charge on any atom is 0.264 e. The van der Waals surface area contributed by atoms with Gasteiger partial charge in [-0.2, -0.15) is 0 Å². The molecule has 46 heavy (non-hydrogen) atoms. The SMILES string of the molecule is CCOc1ccccc1N(CC(=O)N(Cc1ccc(Cl)cc1)[C@H](Cc1ccccc1)C(=O)NC(C)(C)C)S(=O)(=O)c1ccccc1. The van der Waals surface area contributed by atoms with Gasteiger partial charge < -0.3 is 15.0 Å². The molecule has 0 aromatic heterocycles. The lowest BCUT2D eigenvalue weighted by Gasteiger charge is -2.35. The van der Waals surface area contributed by atoms with Gasteiger partial charge >= 0.3 is 0 Å². The van der Waals surface area contributed by atoms with Crippen LogP contribution in [-0.4, -0.2) is 49.9 Å². The van der Waals surface area contributed by atoms with Crippen molar-refractivity contribution < 1.29 is 22.7 Å². The summed E-state index contributed by atoms with van der Waals surface area (Å²) in [6, 6.07) is 30.1. The van der Waals surface area contributed by atoms with Crippen molar-refractivity contribution in [2.75, 3.05) is 17.5 Å². The van der Waals surface area contributed by atoms with Crippen LogP contribution in [0.15, 0.2) is 114 Å². The molecule has 0 unspecified atom stereocenters. The van der Waals surface area contributed by atoms with Gasteiger partial charge in [-0.3, -0.25) is 13.9 Å². The Hall–Kier alpha value is -4.34. The molecule has 0 heterocycles. The molecule has 0 radical (unpaired) electrons. The van der Waals surface area contributed by atoms with E-state index in [0.717, 1.165) is 15.4 Å². The number of ether oxygens (including phenoxy) is 1. The van der Waals surface area contributed by atoms with E-state index < -0.39 is 34.1 Å². The second kappa shape index (κ2) is 15.3. The fourth-order valence-electron chi connectivity index (χ4n) is 4.97. The van der Waals surface area contributed by atoms with Gasteiger partial charge in [-0.15, -0.1) is 0 Å². The van der Waals surface area contributed by atoms with Crippen molar-refractivity contribution in [1.29, 1.82) is 0 Å². The van der Waals surface area contributed by atoms with Gasteiger partial charge in [0.05, 0.1) is 17.2 Å². The highest BCUT2D eigenvalue weighted by atomic mass is 35.5. The van der Waals surface area contributed by atoms with E-state index in [1.165, 1.54) is 17.0 Å². The molecule has 0 aliphatic carbocycles. The summed E-state index contributed by atoms with van der Waals surface area (Å²) in [7, 11) is -4.25. The molecule has 4 aromatic carbocycles. The molecule has 4 aromatic rings. The first-order valence-corrected chi connectivity index (χ1v) is 16.9. The number of halogens is 1. The van der Waals surface area contributed by atoms with Gasteiger partial charge in [0.15, 0.2) is 0 Å². The monoisotopic (exact) mass is 661 g/mol. The van der Waals surface area contributed by atoms with Gasteiger partial charge in [-0.05, 0) is 75.2 Å². The Balaban J connectivity index is 1.84. The molecular formula is C36H40ClN3O5S. The van der Waals surface area contributed by atoms with Crippen LogP contribution in [0.4, 0.5) is 5.69 Å².